The molecular formula is C17H18F3N3O3. The van der Waals surface area contributed by atoms with Crippen LogP contribution in [0.3, 0.4) is 0 Å². The highest BCUT2D eigenvalue weighted by molar-refractivity contribution is 5.83. The van der Waals surface area contributed by atoms with Crippen LogP contribution in [0.1, 0.15) is 25.3 Å². The van der Waals surface area contributed by atoms with Crippen LogP contribution in [0.25, 0.3) is 11.4 Å². The van der Waals surface area contributed by atoms with E-state index in [9.17, 15) is 18.0 Å². The normalized spacial score (nSPS) is 16.2. The molecule has 26 heavy (non-hydrogen) atoms. The molecule has 140 valence electrons. The standard InChI is InChI=1S/C17H18F3N3O3/c1-3-23(15(24)16(2)9-25-10-16)8-11-4-6-12(7-5-11)13-21-14(26-22-13)17(18,19)20/h4-7H,3,8-10H2,1-2H3. The summed E-state index contributed by atoms with van der Waals surface area (Å²) in [6.07, 6.45) is -4.67. The number of alkyl halides is 3. The van der Waals surface area contributed by atoms with Gasteiger partial charge in [-0.05, 0) is 19.4 Å². The van der Waals surface area contributed by atoms with Gasteiger partial charge in [0.05, 0.1) is 18.6 Å². The highest BCUT2D eigenvalue weighted by Crippen LogP contribution is 2.31. The van der Waals surface area contributed by atoms with E-state index in [2.05, 4.69) is 14.7 Å². The summed E-state index contributed by atoms with van der Waals surface area (Å²) in [7, 11) is 0. The molecule has 0 radical (unpaired) electrons. The van der Waals surface area contributed by atoms with E-state index in [-0.39, 0.29) is 11.7 Å². The van der Waals surface area contributed by atoms with E-state index >= 15 is 0 Å². The Morgan fingerprint density at radius 1 is 1.27 bits per heavy atom. The number of carbonyl (C=O) groups excluding carboxylic acids is 1. The SMILES string of the molecule is CCN(Cc1ccc(-c2noc(C(F)(F)F)n2)cc1)C(=O)C1(C)COC1. The molecule has 1 saturated heterocycles. The summed E-state index contributed by atoms with van der Waals surface area (Å²) in [5.74, 6) is -1.48. The fourth-order valence-electron chi connectivity index (χ4n) is 2.68. The van der Waals surface area contributed by atoms with Crippen molar-refractivity contribution in [2.45, 2.75) is 26.6 Å². The summed E-state index contributed by atoms with van der Waals surface area (Å²) >= 11 is 0. The van der Waals surface area contributed by atoms with Gasteiger partial charge in [0.25, 0.3) is 0 Å². The molecule has 0 unspecified atom stereocenters. The van der Waals surface area contributed by atoms with E-state index in [4.69, 9.17) is 4.74 Å². The Labute approximate surface area is 147 Å². The average Bonchev–Trinajstić information content (AvgIpc) is 3.08. The summed E-state index contributed by atoms with van der Waals surface area (Å²) in [6.45, 7) is 5.56. The van der Waals surface area contributed by atoms with Gasteiger partial charge in [0.2, 0.25) is 11.7 Å². The molecule has 0 spiro atoms. The van der Waals surface area contributed by atoms with Gasteiger partial charge in [0.15, 0.2) is 0 Å². The molecule has 6 nitrogen and oxygen atoms in total. The summed E-state index contributed by atoms with van der Waals surface area (Å²) in [5, 5.41) is 3.35. The lowest BCUT2D eigenvalue weighted by atomic mass is 9.87. The Hall–Kier alpha value is -2.42. The van der Waals surface area contributed by atoms with Gasteiger partial charge >= 0.3 is 12.1 Å². The largest absolute Gasteiger partial charge is 0.471 e. The van der Waals surface area contributed by atoms with Gasteiger partial charge in [-0.1, -0.05) is 29.4 Å². The maximum absolute atomic E-state index is 12.6. The van der Waals surface area contributed by atoms with Crippen LogP contribution in [0.2, 0.25) is 0 Å². The molecule has 1 aromatic carbocycles. The second-order valence-electron chi connectivity index (χ2n) is 6.49. The molecule has 0 N–H and O–H groups in total. The number of aromatic nitrogens is 2. The number of halogens is 3. The Morgan fingerprint density at radius 2 is 1.92 bits per heavy atom. The third-order valence-corrected chi connectivity index (χ3v) is 4.28. The molecule has 2 aromatic rings. The number of ether oxygens (including phenoxy) is 1. The van der Waals surface area contributed by atoms with Crippen LogP contribution < -0.4 is 0 Å². The second-order valence-corrected chi connectivity index (χ2v) is 6.49. The molecule has 1 aliphatic heterocycles. The smallest absolute Gasteiger partial charge is 0.379 e. The van der Waals surface area contributed by atoms with Crippen LogP contribution in [-0.2, 0) is 22.3 Å². The van der Waals surface area contributed by atoms with E-state index in [1.807, 2.05) is 13.8 Å². The Morgan fingerprint density at radius 3 is 2.38 bits per heavy atom. The van der Waals surface area contributed by atoms with E-state index in [0.717, 1.165) is 5.56 Å². The van der Waals surface area contributed by atoms with Crippen LogP contribution in [0.4, 0.5) is 13.2 Å². The predicted molar refractivity (Wildman–Crippen MR) is 84.8 cm³/mol. The lowest BCUT2D eigenvalue weighted by molar-refractivity contribution is -0.169. The third kappa shape index (κ3) is 3.57. The zero-order chi connectivity index (χ0) is 18.9. The molecule has 0 aliphatic carbocycles. The first-order valence-electron chi connectivity index (χ1n) is 8.10. The van der Waals surface area contributed by atoms with Crippen LogP contribution in [0.15, 0.2) is 28.8 Å². The number of hydrogen-bond acceptors (Lipinski definition) is 5. The van der Waals surface area contributed by atoms with Crippen molar-refractivity contribution in [3.63, 3.8) is 0 Å². The summed E-state index contributed by atoms with van der Waals surface area (Å²) < 4.78 is 47.0. The highest BCUT2D eigenvalue weighted by Gasteiger charge is 2.43. The van der Waals surface area contributed by atoms with Crippen molar-refractivity contribution in [3.8, 4) is 11.4 Å². The maximum atomic E-state index is 12.6. The maximum Gasteiger partial charge on any atom is 0.471 e. The quantitative estimate of drug-likeness (QED) is 0.810. The zero-order valence-electron chi connectivity index (χ0n) is 14.3. The molecule has 0 bridgehead atoms. The number of benzene rings is 1. The van der Waals surface area contributed by atoms with Crippen LogP contribution in [-0.4, -0.2) is 40.7 Å². The Balaban J connectivity index is 1.71. The number of amides is 1. The van der Waals surface area contributed by atoms with Crippen molar-refractivity contribution >= 4 is 5.91 Å². The molecule has 3 rings (SSSR count). The van der Waals surface area contributed by atoms with E-state index in [1.54, 1.807) is 29.2 Å². The van der Waals surface area contributed by atoms with E-state index in [0.29, 0.717) is 31.9 Å². The van der Waals surface area contributed by atoms with Gasteiger partial charge in [-0.15, -0.1) is 0 Å². The second kappa shape index (κ2) is 6.71. The fourth-order valence-corrected chi connectivity index (χ4v) is 2.68. The van der Waals surface area contributed by atoms with Crippen molar-refractivity contribution in [2.24, 2.45) is 5.41 Å². The highest BCUT2D eigenvalue weighted by atomic mass is 19.4. The lowest BCUT2D eigenvalue weighted by Gasteiger charge is -2.40. The fraction of sp³-hybridized carbons (Fsp3) is 0.471. The Kier molecular flexibility index (Phi) is 4.74. The van der Waals surface area contributed by atoms with Crippen molar-refractivity contribution in [2.75, 3.05) is 19.8 Å². The molecule has 1 amide bonds. The van der Waals surface area contributed by atoms with Gasteiger partial charge in [0, 0.05) is 18.7 Å². The van der Waals surface area contributed by atoms with Gasteiger partial charge in [0.1, 0.15) is 0 Å². The summed E-state index contributed by atoms with van der Waals surface area (Å²) in [4.78, 5) is 17.7. The van der Waals surface area contributed by atoms with Crippen molar-refractivity contribution in [1.82, 2.24) is 15.0 Å². The van der Waals surface area contributed by atoms with Crippen LogP contribution in [0, 0.1) is 5.41 Å². The van der Waals surface area contributed by atoms with Gasteiger partial charge in [-0.2, -0.15) is 18.2 Å². The van der Waals surface area contributed by atoms with Crippen molar-refractivity contribution < 1.29 is 27.2 Å². The van der Waals surface area contributed by atoms with Gasteiger partial charge in [-0.25, -0.2) is 0 Å². The lowest BCUT2D eigenvalue weighted by Crippen LogP contribution is -2.53. The molecule has 2 heterocycles. The van der Waals surface area contributed by atoms with E-state index in [1.165, 1.54) is 0 Å². The average molecular weight is 369 g/mol. The molecule has 1 aliphatic rings. The molecular weight excluding hydrogens is 351 g/mol. The van der Waals surface area contributed by atoms with Crippen LogP contribution >= 0.6 is 0 Å². The topological polar surface area (TPSA) is 68.5 Å². The summed E-state index contributed by atoms with van der Waals surface area (Å²) in [6, 6.07) is 6.67. The number of rotatable bonds is 5. The number of carbonyl (C=O) groups is 1. The first-order valence-corrected chi connectivity index (χ1v) is 8.10. The molecule has 0 saturated carbocycles. The first-order chi connectivity index (χ1) is 12.2. The van der Waals surface area contributed by atoms with Crippen molar-refractivity contribution in [3.05, 3.63) is 35.7 Å². The number of nitrogens with zero attached hydrogens (tertiary/aromatic N) is 3. The minimum Gasteiger partial charge on any atom is -0.379 e. The first kappa shape index (κ1) is 18.4. The molecule has 9 heteroatoms. The molecule has 0 atom stereocenters. The molecule has 1 aromatic heterocycles. The van der Waals surface area contributed by atoms with Gasteiger partial charge in [-0.3, -0.25) is 4.79 Å². The van der Waals surface area contributed by atoms with E-state index < -0.39 is 17.5 Å². The molecule has 1 fully saturated rings. The summed E-state index contributed by atoms with van der Waals surface area (Å²) in [5.41, 5.74) is 0.781. The number of hydrogen-bond donors (Lipinski definition) is 0. The van der Waals surface area contributed by atoms with Gasteiger partial charge < -0.3 is 14.2 Å². The monoisotopic (exact) mass is 369 g/mol. The zero-order valence-corrected chi connectivity index (χ0v) is 14.3. The van der Waals surface area contributed by atoms with Crippen molar-refractivity contribution in [1.29, 1.82) is 0 Å². The minimum absolute atomic E-state index is 0.0308. The Bertz CT molecular complexity index is 783. The predicted octanol–water partition coefficient (Wildman–Crippen LogP) is 3.14. The third-order valence-electron chi connectivity index (χ3n) is 4.28. The minimum atomic E-state index is -4.67. The van der Waals surface area contributed by atoms with Crippen LogP contribution in [0.5, 0.6) is 0 Å².